The van der Waals surface area contributed by atoms with E-state index in [0.29, 0.717) is 0 Å². The van der Waals surface area contributed by atoms with E-state index >= 15 is 0 Å². The van der Waals surface area contributed by atoms with Crippen LogP contribution in [0.15, 0.2) is 5.11 Å². The van der Waals surface area contributed by atoms with E-state index in [0.717, 1.165) is 0 Å². The fourth-order valence-corrected chi connectivity index (χ4v) is 0.711. The molecule has 0 bridgehead atoms. The number of hydrogen-bond donors (Lipinski definition) is 1. The van der Waals surface area contributed by atoms with E-state index in [1.165, 1.54) is 0 Å². The summed E-state index contributed by atoms with van der Waals surface area (Å²) in [6, 6.07) is 0. The summed E-state index contributed by atoms with van der Waals surface area (Å²) in [5.74, 6) is 0.245. The molecule has 4 nitrogen and oxygen atoms in total. The summed E-state index contributed by atoms with van der Waals surface area (Å²) in [6.07, 6.45) is 0. The average Bonchev–Trinajstić information content (AvgIpc) is 1.83. The van der Waals surface area contributed by atoms with Gasteiger partial charge in [-0.3, -0.25) is 0 Å². The monoisotopic (exact) mass is 243 g/mol. The molecule has 0 aliphatic heterocycles. The molecule has 0 saturated heterocycles. The van der Waals surface area contributed by atoms with Crippen molar-refractivity contribution < 1.29 is 2.51 Å². The van der Waals surface area contributed by atoms with Crippen molar-refractivity contribution in [1.29, 1.82) is 0 Å². The Labute approximate surface area is 63.9 Å². The van der Waals surface area contributed by atoms with E-state index in [9.17, 15) is 0 Å². The molecule has 0 fully saturated rings. The van der Waals surface area contributed by atoms with Gasteiger partial charge in [0.05, 0.1) is 0 Å². The van der Waals surface area contributed by atoms with E-state index in [1.807, 2.05) is 0 Å². The van der Waals surface area contributed by atoms with Crippen LogP contribution in [0.5, 0.6) is 0 Å². The van der Waals surface area contributed by atoms with Gasteiger partial charge in [0.25, 0.3) is 0 Å². The first-order valence-electron chi connectivity index (χ1n) is 1.63. The molecule has 0 rings (SSSR count). The fourth-order valence-electron chi connectivity index (χ4n) is 0.112. The molecule has 0 amide bonds. The summed E-state index contributed by atoms with van der Waals surface area (Å²) in [6.45, 7) is 5.23. The molecule has 0 N–H and O–H groups in total. The molecule has 0 aliphatic carbocycles. The predicted octanol–water partition coefficient (Wildman–Crippen LogP) is 1.62. The van der Waals surface area contributed by atoms with E-state index in [1.54, 1.807) is 23.0 Å². The van der Waals surface area contributed by atoms with Crippen LogP contribution in [0.3, 0.4) is 0 Å². The Hall–Kier alpha value is 0.415. The average molecular weight is 243 g/mol. The number of azide groups is 1. The van der Waals surface area contributed by atoms with Crippen molar-refractivity contribution in [3.63, 3.8) is 0 Å². The summed E-state index contributed by atoms with van der Waals surface area (Å²) in [4.78, 5) is 2.50. The molecule has 8 heavy (non-hydrogen) atoms. The molecule has 0 aromatic heterocycles. The third kappa shape index (κ3) is 4.57. The fraction of sp³-hybridized carbons (Fsp3) is 1.00. The Morgan fingerprint density at radius 1 is 2.00 bits per heavy atom. The summed E-state index contributed by atoms with van der Waals surface area (Å²) in [5.41, 5.74) is 7.77. The number of halogens is 1. The second-order valence-electron chi connectivity index (χ2n) is 0.858. The Kier molecular flexibility index (Phi) is 5.84. The zero-order chi connectivity index (χ0) is 6.41. The quantitative estimate of drug-likeness (QED) is 0.186. The third-order valence-corrected chi connectivity index (χ3v) is 2.45. The SMILES string of the molecule is B#[SH](CN=[N+]=[N-])OI. The summed E-state index contributed by atoms with van der Waals surface area (Å²) < 4.78 is 4.60. The van der Waals surface area contributed by atoms with Gasteiger partial charge in [0.2, 0.25) is 0 Å². The zero-order valence-corrected chi connectivity index (χ0v) is 6.91. The summed E-state index contributed by atoms with van der Waals surface area (Å²) in [5, 5.41) is 3.20. The normalized spacial score (nSPS) is 12.4. The van der Waals surface area contributed by atoms with Crippen LogP contribution in [-0.2, 0) is 2.51 Å². The van der Waals surface area contributed by atoms with Crippen molar-refractivity contribution in [1.82, 2.24) is 0 Å². The van der Waals surface area contributed by atoms with Crippen LogP contribution in [0.4, 0.5) is 0 Å². The molecular formula is CH3BIN3OS. The van der Waals surface area contributed by atoms with Gasteiger partial charge in [-0.25, -0.2) is 0 Å². The van der Waals surface area contributed by atoms with Crippen molar-refractivity contribution >= 4 is 39.9 Å². The van der Waals surface area contributed by atoms with Crippen LogP contribution in [0.2, 0.25) is 0 Å². The minimum atomic E-state index is -1.02. The van der Waals surface area contributed by atoms with Crippen LogP contribution < -0.4 is 0 Å². The van der Waals surface area contributed by atoms with Crippen LogP contribution in [0.1, 0.15) is 0 Å². The summed E-state index contributed by atoms with van der Waals surface area (Å²) >= 11 is 1.67. The second-order valence-corrected chi connectivity index (χ2v) is 3.30. The number of nitrogens with zero attached hydrogens (tertiary/aromatic N) is 3. The summed E-state index contributed by atoms with van der Waals surface area (Å²) in [7, 11) is -1.02. The van der Waals surface area contributed by atoms with Gasteiger partial charge < -0.3 is 0 Å². The van der Waals surface area contributed by atoms with Crippen LogP contribution in [0, 0.1) is 0 Å². The topological polar surface area (TPSA) is 58.0 Å². The Bertz CT molecular complexity index is 168. The van der Waals surface area contributed by atoms with Crippen molar-refractivity contribution in [3.05, 3.63) is 10.4 Å². The Balaban J connectivity index is 3.45. The molecule has 0 radical (unpaired) electrons. The molecule has 1 unspecified atom stereocenters. The first kappa shape index (κ1) is 8.41. The van der Waals surface area contributed by atoms with Gasteiger partial charge in [-0.1, -0.05) is 0 Å². The van der Waals surface area contributed by atoms with Crippen molar-refractivity contribution in [2.24, 2.45) is 5.11 Å². The Morgan fingerprint density at radius 2 is 2.62 bits per heavy atom. The van der Waals surface area contributed by atoms with Crippen molar-refractivity contribution in [2.45, 2.75) is 0 Å². The molecule has 7 heteroatoms. The second kappa shape index (κ2) is 5.55. The maximum absolute atomic E-state index is 7.77. The van der Waals surface area contributed by atoms with Gasteiger partial charge >= 0.3 is 63.9 Å². The third-order valence-electron chi connectivity index (χ3n) is 0.355. The molecule has 44 valence electrons. The van der Waals surface area contributed by atoms with Crippen LogP contribution in [-0.4, -0.2) is 12.4 Å². The molecular weight excluding hydrogens is 240 g/mol. The molecule has 0 saturated carbocycles. The van der Waals surface area contributed by atoms with Gasteiger partial charge in [-0.15, -0.1) is 0 Å². The van der Waals surface area contributed by atoms with Gasteiger partial charge in [-0.2, -0.15) is 0 Å². The first-order chi connectivity index (χ1) is 3.81. The molecule has 1 atom stereocenters. The molecule has 0 spiro atoms. The van der Waals surface area contributed by atoms with Gasteiger partial charge in [0, 0.05) is 0 Å². The van der Waals surface area contributed by atoms with Crippen molar-refractivity contribution in [2.75, 3.05) is 5.88 Å². The predicted molar refractivity (Wildman–Crippen MR) is 43.9 cm³/mol. The van der Waals surface area contributed by atoms with Crippen LogP contribution in [0.25, 0.3) is 10.4 Å². The van der Waals surface area contributed by atoms with E-state index in [4.69, 9.17) is 12.1 Å². The van der Waals surface area contributed by atoms with E-state index in [-0.39, 0.29) is 5.88 Å². The first-order valence-corrected chi connectivity index (χ1v) is 4.02. The van der Waals surface area contributed by atoms with E-state index < -0.39 is 10.4 Å². The molecule has 0 aliphatic rings. The van der Waals surface area contributed by atoms with Crippen molar-refractivity contribution in [3.8, 4) is 0 Å². The molecule has 0 heterocycles. The van der Waals surface area contributed by atoms with Gasteiger partial charge in [-0.05, 0) is 0 Å². The van der Waals surface area contributed by atoms with Gasteiger partial charge in [0.15, 0.2) is 0 Å². The van der Waals surface area contributed by atoms with E-state index in [2.05, 4.69) is 12.5 Å². The Morgan fingerprint density at radius 3 is 3.00 bits per heavy atom. The number of hydrogen-bond acceptors (Lipinski definition) is 2. The number of rotatable bonds is 1. The maximum atomic E-state index is 7.77. The standard InChI is InChI=1S/CH3BIN3OS/c2-8(7-3)1-5-6-4/h8H,1H2. The molecule has 0 aromatic rings. The zero-order valence-electron chi connectivity index (χ0n) is 3.86. The minimum absolute atomic E-state index is 0.245. The molecule has 0 aromatic carbocycles. The number of thiol groups is 1. The van der Waals surface area contributed by atoms with Gasteiger partial charge in [0.1, 0.15) is 0 Å². The van der Waals surface area contributed by atoms with Crippen LogP contribution >= 0.6 is 33.4 Å².